The monoisotopic (exact) mass is 311 g/mol. The largest absolute Gasteiger partial charge is 0.459 e. The molecule has 2 rings (SSSR count). The van der Waals surface area contributed by atoms with E-state index in [1.54, 1.807) is 13.1 Å². The van der Waals surface area contributed by atoms with Gasteiger partial charge in [0.2, 0.25) is 5.89 Å². The fraction of sp³-hybridized carbons (Fsp3) is 0.538. The number of nitrogens with zero attached hydrogens (tertiary/aromatic N) is 3. The Kier molecular flexibility index (Phi) is 4.66. The van der Waals surface area contributed by atoms with Gasteiger partial charge in [-0.15, -0.1) is 5.10 Å². The van der Waals surface area contributed by atoms with Gasteiger partial charge < -0.3 is 13.6 Å². The van der Waals surface area contributed by atoms with Crippen LogP contribution in [0.2, 0.25) is 0 Å². The number of esters is 1. The van der Waals surface area contributed by atoms with E-state index in [-0.39, 0.29) is 23.1 Å². The highest BCUT2D eigenvalue weighted by molar-refractivity contribution is 7.98. The normalized spacial score (nSPS) is 11.6. The van der Waals surface area contributed by atoms with Crippen molar-refractivity contribution >= 4 is 17.7 Å². The SMILES string of the molecule is CCOC(=O)c1nnc(SCc2ncc(C(C)(C)C)o2)o1. The molecule has 0 aliphatic rings. The van der Waals surface area contributed by atoms with Gasteiger partial charge in [-0.1, -0.05) is 37.6 Å². The molecule has 2 heterocycles. The molecular weight excluding hydrogens is 294 g/mol. The maximum absolute atomic E-state index is 11.4. The van der Waals surface area contributed by atoms with Gasteiger partial charge in [0, 0.05) is 5.41 Å². The average Bonchev–Trinajstić information content (AvgIpc) is 3.05. The maximum atomic E-state index is 11.4. The molecule has 0 bridgehead atoms. The summed E-state index contributed by atoms with van der Waals surface area (Å²) in [6.45, 7) is 8.12. The maximum Gasteiger partial charge on any atom is 0.396 e. The third kappa shape index (κ3) is 4.07. The fourth-order valence-corrected chi connectivity index (χ4v) is 2.01. The summed E-state index contributed by atoms with van der Waals surface area (Å²) < 4.78 is 15.6. The highest BCUT2D eigenvalue weighted by Gasteiger charge is 2.20. The van der Waals surface area contributed by atoms with Gasteiger partial charge >= 0.3 is 11.9 Å². The molecule has 0 unspecified atom stereocenters. The van der Waals surface area contributed by atoms with E-state index in [2.05, 4.69) is 15.2 Å². The van der Waals surface area contributed by atoms with Crippen LogP contribution in [-0.4, -0.2) is 27.8 Å². The van der Waals surface area contributed by atoms with Crippen LogP contribution in [0.15, 0.2) is 20.3 Å². The number of carbonyl (C=O) groups excluding carboxylic acids is 1. The Morgan fingerprint density at radius 1 is 1.33 bits per heavy atom. The molecular formula is C13H17N3O4S. The molecule has 0 aliphatic heterocycles. The highest BCUT2D eigenvalue weighted by atomic mass is 32.2. The molecule has 0 saturated carbocycles. The van der Waals surface area contributed by atoms with Crippen molar-refractivity contribution in [2.75, 3.05) is 6.61 Å². The Morgan fingerprint density at radius 3 is 2.71 bits per heavy atom. The van der Waals surface area contributed by atoms with Crippen LogP contribution in [0.1, 0.15) is 50.0 Å². The smallest absolute Gasteiger partial charge is 0.396 e. The minimum atomic E-state index is -0.622. The quantitative estimate of drug-likeness (QED) is 0.615. The zero-order valence-electron chi connectivity index (χ0n) is 12.4. The predicted octanol–water partition coefficient (Wildman–Crippen LogP) is 2.82. The summed E-state index contributed by atoms with van der Waals surface area (Å²) in [5, 5.41) is 7.67. The van der Waals surface area contributed by atoms with Crippen molar-refractivity contribution in [2.45, 2.75) is 44.1 Å². The highest BCUT2D eigenvalue weighted by Crippen LogP contribution is 2.26. The van der Waals surface area contributed by atoms with Crippen LogP contribution in [0.4, 0.5) is 0 Å². The van der Waals surface area contributed by atoms with Gasteiger partial charge in [-0.25, -0.2) is 9.78 Å². The summed E-state index contributed by atoms with van der Waals surface area (Å²) in [5.74, 6) is 1.06. The minimum Gasteiger partial charge on any atom is -0.459 e. The summed E-state index contributed by atoms with van der Waals surface area (Å²) in [6.07, 6.45) is 1.72. The van der Waals surface area contributed by atoms with E-state index in [0.29, 0.717) is 11.6 Å². The number of oxazole rings is 1. The third-order valence-corrected chi connectivity index (χ3v) is 3.27. The second kappa shape index (κ2) is 6.30. The number of ether oxygens (including phenoxy) is 1. The first-order valence-electron chi connectivity index (χ1n) is 6.48. The van der Waals surface area contributed by atoms with Crippen LogP contribution in [0, 0.1) is 0 Å². The Hall–Kier alpha value is -1.83. The number of hydrogen-bond acceptors (Lipinski definition) is 8. The molecule has 0 radical (unpaired) electrons. The number of rotatable bonds is 5. The summed E-state index contributed by atoms with van der Waals surface area (Å²) >= 11 is 1.25. The third-order valence-electron chi connectivity index (χ3n) is 2.47. The van der Waals surface area contributed by atoms with Crippen LogP contribution < -0.4 is 0 Å². The first-order valence-corrected chi connectivity index (χ1v) is 7.47. The first kappa shape index (κ1) is 15.6. The van der Waals surface area contributed by atoms with Crippen LogP contribution in [0.25, 0.3) is 0 Å². The van der Waals surface area contributed by atoms with Crippen LogP contribution >= 0.6 is 11.8 Å². The van der Waals surface area contributed by atoms with Crippen molar-refractivity contribution in [1.29, 1.82) is 0 Å². The van der Waals surface area contributed by atoms with Crippen LogP contribution in [-0.2, 0) is 15.9 Å². The van der Waals surface area contributed by atoms with Gasteiger partial charge in [0.1, 0.15) is 5.76 Å². The van der Waals surface area contributed by atoms with Gasteiger partial charge in [-0.2, -0.15) is 0 Å². The number of carbonyl (C=O) groups is 1. The van der Waals surface area contributed by atoms with E-state index in [1.165, 1.54) is 11.8 Å². The molecule has 0 aromatic carbocycles. The Balaban J connectivity index is 1.94. The lowest BCUT2D eigenvalue weighted by Crippen LogP contribution is -2.09. The van der Waals surface area contributed by atoms with E-state index in [0.717, 1.165) is 5.76 Å². The van der Waals surface area contributed by atoms with E-state index >= 15 is 0 Å². The van der Waals surface area contributed by atoms with E-state index in [9.17, 15) is 4.79 Å². The predicted molar refractivity (Wildman–Crippen MR) is 75.0 cm³/mol. The molecule has 2 aromatic rings. The molecule has 2 aromatic heterocycles. The average molecular weight is 311 g/mol. The second-order valence-corrected chi connectivity index (χ2v) is 6.18. The second-order valence-electron chi connectivity index (χ2n) is 5.25. The van der Waals surface area contributed by atoms with E-state index in [4.69, 9.17) is 13.6 Å². The summed E-state index contributed by atoms with van der Waals surface area (Å²) in [6, 6.07) is 0. The topological polar surface area (TPSA) is 91.2 Å². The number of thioether (sulfide) groups is 1. The van der Waals surface area contributed by atoms with Crippen molar-refractivity contribution in [3.8, 4) is 0 Å². The number of aromatic nitrogens is 3. The van der Waals surface area contributed by atoms with Gasteiger partial charge in [0.15, 0.2) is 0 Å². The van der Waals surface area contributed by atoms with Crippen molar-refractivity contribution in [1.82, 2.24) is 15.2 Å². The van der Waals surface area contributed by atoms with Crippen molar-refractivity contribution < 1.29 is 18.4 Å². The fourth-order valence-electron chi connectivity index (χ4n) is 1.39. The Bertz CT molecular complexity index is 615. The van der Waals surface area contributed by atoms with E-state index < -0.39 is 5.97 Å². The van der Waals surface area contributed by atoms with Crippen molar-refractivity contribution in [3.05, 3.63) is 23.7 Å². The number of hydrogen-bond donors (Lipinski definition) is 0. The summed E-state index contributed by atoms with van der Waals surface area (Å²) in [5.41, 5.74) is -0.0858. The van der Waals surface area contributed by atoms with Gasteiger partial charge in [0.05, 0.1) is 18.6 Å². The van der Waals surface area contributed by atoms with Crippen LogP contribution in [0.5, 0.6) is 0 Å². The molecule has 0 N–H and O–H groups in total. The molecule has 8 heteroatoms. The zero-order valence-corrected chi connectivity index (χ0v) is 13.2. The van der Waals surface area contributed by atoms with Crippen molar-refractivity contribution in [2.24, 2.45) is 0 Å². The van der Waals surface area contributed by atoms with Gasteiger partial charge in [-0.05, 0) is 6.92 Å². The first-order chi connectivity index (χ1) is 9.90. The lowest BCUT2D eigenvalue weighted by atomic mass is 9.94. The molecule has 7 nitrogen and oxygen atoms in total. The molecule has 0 spiro atoms. The minimum absolute atomic E-state index is 0.0858. The summed E-state index contributed by atoms with van der Waals surface area (Å²) in [4.78, 5) is 15.6. The molecule has 0 aliphatic carbocycles. The molecule has 0 fully saturated rings. The molecule has 21 heavy (non-hydrogen) atoms. The Labute approximate surface area is 126 Å². The summed E-state index contributed by atoms with van der Waals surface area (Å²) in [7, 11) is 0. The molecule has 0 saturated heterocycles. The molecule has 0 amide bonds. The van der Waals surface area contributed by atoms with Gasteiger partial charge in [0.25, 0.3) is 5.22 Å². The van der Waals surface area contributed by atoms with Gasteiger partial charge in [-0.3, -0.25) is 0 Å². The standard InChI is InChI=1S/C13H17N3O4S/c1-5-18-11(17)10-15-16-12(20-10)21-7-9-14-6-8(19-9)13(2,3)4/h6H,5,7H2,1-4H3. The molecule has 0 atom stereocenters. The van der Waals surface area contributed by atoms with Crippen molar-refractivity contribution in [3.63, 3.8) is 0 Å². The Morgan fingerprint density at radius 2 is 2.10 bits per heavy atom. The van der Waals surface area contributed by atoms with E-state index in [1.807, 2.05) is 20.8 Å². The lowest BCUT2D eigenvalue weighted by molar-refractivity contribution is 0.0475. The molecule has 114 valence electrons. The lowest BCUT2D eigenvalue weighted by Gasteiger charge is -2.12. The zero-order chi connectivity index (χ0) is 15.5. The van der Waals surface area contributed by atoms with Crippen LogP contribution in [0.3, 0.4) is 0 Å².